The number of nitrogens with zero attached hydrogens (tertiary/aromatic N) is 1. The van der Waals surface area contributed by atoms with E-state index in [1.54, 1.807) is 11.3 Å². The average Bonchev–Trinajstić information content (AvgIpc) is 2.82. The van der Waals surface area contributed by atoms with E-state index in [1.165, 1.54) is 49.1 Å². The summed E-state index contributed by atoms with van der Waals surface area (Å²) in [5, 5.41) is 7.06. The summed E-state index contributed by atoms with van der Waals surface area (Å²) in [5.74, 6) is 0. The molecule has 2 nitrogen and oxygen atoms in total. The molecule has 1 heterocycles. The first-order chi connectivity index (χ1) is 9.92. The second-order valence-electron chi connectivity index (χ2n) is 5.56. The molecule has 0 radical (unpaired) electrons. The molecule has 1 aliphatic carbocycles. The van der Waals surface area contributed by atoms with Gasteiger partial charge in [-0.2, -0.15) is 0 Å². The minimum atomic E-state index is 0.696. The van der Waals surface area contributed by atoms with Crippen molar-refractivity contribution >= 4 is 11.3 Å². The molecule has 1 N–H and O–H groups in total. The third kappa shape index (κ3) is 3.68. The minimum absolute atomic E-state index is 0.696. The van der Waals surface area contributed by atoms with Gasteiger partial charge in [-0.1, -0.05) is 56.0 Å². The molecule has 0 saturated heterocycles. The number of aromatic nitrogens is 1. The molecule has 3 rings (SSSR count). The molecule has 2 aromatic rings. The van der Waals surface area contributed by atoms with Crippen molar-refractivity contribution in [1.29, 1.82) is 0 Å². The van der Waals surface area contributed by atoms with E-state index in [0.717, 1.165) is 12.2 Å². The maximum absolute atomic E-state index is 4.74. The SMILES string of the molecule is c1ccc(-c2csc(CNC3CCCCCC3)n2)cc1. The van der Waals surface area contributed by atoms with Crippen molar-refractivity contribution < 1.29 is 0 Å². The fourth-order valence-corrected chi connectivity index (χ4v) is 3.60. The molecule has 0 amide bonds. The van der Waals surface area contributed by atoms with Crippen LogP contribution < -0.4 is 5.32 Å². The van der Waals surface area contributed by atoms with Gasteiger partial charge in [0.2, 0.25) is 0 Å². The van der Waals surface area contributed by atoms with Gasteiger partial charge < -0.3 is 5.32 Å². The van der Waals surface area contributed by atoms with E-state index < -0.39 is 0 Å². The number of rotatable bonds is 4. The quantitative estimate of drug-likeness (QED) is 0.829. The molecule has 1 fully saturated rings. The van der Waals surface area contributed by atoms with E-state index >= 15 is 0 Å². The molecule has 0 spiro atoms. The summed E-state index contributed by atoms with van der Waals surface area (Å²) < 4.78 is 0. The van der Waals surface area contributed by atoms with Crippen molar-refractivity contribution in [2.45, 2.75) is 51.1 Å². The molecule has 3 heteroatoms. The van der Waals surface area contributed by atoms with E-state index in [2.05, 4.69) is 35.0 Å². The smallest absolute Gasteiger partial charge is 0.107 e. The van der Waals surface area contributed by atoms with E-state index in [0.29, 0.717) is 6.04 Å². The highest BCUT2D eigenvalue weighted by Gasteiger charge is 2.12. The summed E-state index contributed by atoms with van der Waals surface area (Å²) in [6.07, 6.45) is 8.24. The van der Waals surface area contributed by atoms with Crippen molar-refractivity contribution in [3.8, 4) is 11.3 Å². The lowest BCUT2D eigenvalue weighted by Crippen LogP contribution is -2.27. The van der Waals surface area contributed by atoms with Crippen molar-refractivity contribution in [3.63, 3.8) is 0 Å². The van der Waals surface area contributed by atoms with Crippen molar-refractivity contribution in [1.82, 2.24) is 10.3 Å². The zero-order chi connectivity index (χ0) is 13.6. The van der Waals surface area contributed by atoms with Gasteiger partial charge in [-0.3, -0.25) is 0 Å². The highest BCUT2D eigenvalue weighted by atomic mass is 32.1. The van der Waals surface area contributed by atoms with Gasteiger partial charge in [0.15, 0.2) is 0 Å². The van der Waals surface area contributed by atoms with Crippen LogP contribution in [0.25, 0.3) is 11.3 Å². The van der Waals surface area contributed by atoms with Gasteiger partial charge in [0.05, 0.1) is 5.69 Å². The van der Waals surface area contributed by atoms with Gasteiger partial charge >= 0.3 is 0 Å². The van der Waals surface area contributed by atoms with Crippen LogP contribution in [-0.4, -0.2) is 11.0 Å². The number of thiazole rings is 1. The van der Waals surface area contributed by atoms with Crippen LogP contribution in [-0.2, 0) is 6.54 Å². The van der Waals surface area contributed by atoms with Crippen LogP contribution in [0.4, 0.5) is 0 Å². The number of hydrogen-bond acceptors (Lipinski definition) is 3. The Kier molecular flexibility index (Phi) is 4.82. The first-order valence-corrected chi connectivity index (χ1v) is 8.53. The van der Waals surface area contributed by atoms with E-state index in [4.69, 9.17) is 4.98 Å². The first kappa shape index (κ1) is 13.8. The summed E-state index contributed by atoms with van der Waals surface area (Å²) >= 11 is 1.76. The lowest BCUT2D eigenvalue weighted by Gasteiger charge is -2.14. The Morgan fingerprint density at radius 1 is 1.05 bits per heavy atom. The molecule has 1 aromatic heterocycles. The van der Waals surface area contributed by atoms with Crippen molar-refractivity contribution in [3.05, 3.63) is 40.7 Å². The van der Waals surface area contributed by atoms with Crippen LogP contribution in [0.3, 0.4) is 0 Å². The maximum Gasteiger partial charge on any atom is 0.107 e. The fourth-order valence-electron chi connectivity index (χ4n) is 2.85. The predicted molar refractivity (Wildman–Crippen MR) is 85.9 cm³/mol. The first-order valence-electron chi connectivity index (χ1n) is 7.65. The number of hydrogen-bond donors (Lipinski definition) is 1. The molecular weight excluding hydrogens is 264 g/mol. The Bertz CT molecular complexity index is 513. The van der Waals surface area contributed by atoms with E-state index in [9.17, 15) is 0 Å². The van der Waals surface area contributed by atoms with Crippen molar-refractivity contribution in [2.75, 3.05) is 0 Å². The summed E-state index contributed by atoms with van der Waals surface area (Å²) in [4.78, 5) is 4.74. The van der Waals surface area contributed by atoms with Crippen LogP contribution in [0, 0.1) is 0 Å². The van der Waals surface area contributed by atoms with Gasteiger partial charge in [0, 0.05) is 23.5 Å². The molecule has 1 saturated carbocycles. The second-order valence-corrected chi connectivity index (χ2v) is 6.50. The Hall–Kier alpha value is -1.19. The molecule has 0 atom stereocenters. The Morgan fingerprint density at radius 2 is 1.80 bits per heavy atom. The lowest BCUT2D eigenvalue weighted by atomic mass is 10.1. The topological polar surface area (TPSA) is 24.9 Å². The average molecular weight is 286 g/mol. The monoisotopic (exact) mass is 286 g/mol. The summed E-state index contributed by atoms with van der Waals surface area (Å²) in [5.41, 5.74) is 2.32. The van der Waals surface area contributed by atoms with Crippen LogP contribution in [0.5, 0.6) is 0 Å². The Morgan fingerprint density at radius 3 is 2.55 bits per heavy atom. The van der Waals surface area contributed by atoms with Gasteiger partial charge in [0.25, 0.3) is 0 Å². The standard InChI is InChI=1S/C17H22N2S/c1-2-7-11-15(10-6-1)18-12-17-19-16(13-20-17)14-8-4-3-5-9-14/h3-5,8-9,13,15,18H,1-2,6-7,10-12H2. The molecule has 1 aliphatic rings. The molecule has 1 aromatic carbocycles. The molecule has 0 unspecified atom stereocenters. The zero-order valence-electron chi connectivity index (χ0n) is 11.8. The molecule has 0 aliphatic heterocycles. The predicted octanol–water partition coefficient (Wildman–Crippen LogP) is 4.62. The van der Waals surface area contributed by atoms with Crippen molar-refractivity contribution in [2.24, 2.45) is 0 Å². The van der Waals surface area contributed by atoms with Gasteiger partial charge in [-0.15, -0.1) is 11.3 Å². The van der Waals surface area contributed by atoms with Crippen LogP contribution in [0.15, 0.2) is 35.7 Å². The maximum atomic E-state index is 4.74. The summed E-state index contributed by atoms with van der Waals surface area (Å²) in [7, 11) is 0. The third-order valence-electron chi connectivity index (χ3n) is 4.02. The Labute approximate surface area is 125 Å². The van der Waals surface area contributed by atoms with Gasteiger partial charge in [-0.05, 0) is 12.8 Å². The van der Waals surface area contributed by atoms with Crippen LogP contribution in [0.2, 0.25) is 0 Å². The highest BCUT2D eigenvalue weighted by Crippen LogP contribution is 2.22. The molecule has 20 heavy (non-hydrogen) atoms. The lowest BCUT2D eigenvalue weighted by molar-refractivity contribution is 0.458. The van der Waals surface area contributed by atoms with Crippen LogP contribution >= 0.6 is 11.3 Å². The fraction of sp³-hybridized carbons (Fsp3) is 0.471. The van der Waals surface area contributed by atoms with Gasteiger partial charge in [0.1, 0.15) is 5.01 Å². The molecule has 0 bridgehead atoms. The minimum Gasteiger partial charge on any atom is -0.308 e. The number of benzene rings is 1. The second kappa shape index (κ2) is 7.00. The number of nitrogens with one attached hydrogen (secondary N) is 1. The highest BCUT2D eigenvalue weighted by molar-refractivity contribution is 7.09. The molecular formula is C17H22N2S. The zero-order valence-corrected chi connectivity index (χ0v) is 12.7. The van der Waals surface area contributed by atoms with E-state index in [1.807, 2.05) is 6.07 Å². The summed E-state index contributed by atoms with van der Waals surface area (Å²) in [6.45, 7) is 0.919. The Balaban J connectivity index is 1.57. The van der Waals surface area contributed by atoms with Gasteiger partial charge in [-0.25, -0.2) is 4.98 Å². The third-order valence-corrected chi connectivity index (χ3v) is 4.87. The normalized spacial score (nSPS) is 17.0. The van der Waals surface area contributed by atoms with E-state index in [-0.39, 0.29) is 0 Å². The van der Waals surface area contributed by atoms with Crippen LogP contribution in [0.1, 0.15) is 43.5 Å². The summed E-state index contributed by atoms with van der Waals surface area (Å²) in [6, 6.07) is 11.1. The molecule has 106 valence electrons. The largest absolute Gasteiger partial charge is 0.308 e.